The van der Waals surface area contributed by atoms with Gasteiger partial charge in [-0.3, -0.25) is 14.4 Å². The molecule has 0 saturated heterocycles. The summed E-state index contributed by atoms with van der Waals surface area (Å²) in [7, 11) is -3.08. The predicted molar refractivity (Wildman–Crippen MR) is 164 cm³/mol. The van der Waals surface area contributed by atoms with Crippen LogP contribution in [0.3, 0.4) is 0 Å². The lowest BCUT2D eigenvalue weighted by Crippen LogP contribution is -2.45. The lowest BCUT2D eigenvalue weighted by atomic mass is 10.2. The first kappa shape index (κ1) is 35.2. The number of rotatable bonds is 10. The molecule has 13 nitrogen and oxygen atoms in total. The zero-order valence-electron chi connectivity index (χ0n) is 25.7. The van der Waals surface area contributed by atoms with Crippen LogP contribution in [0.25, 0.3) is 0 Å². The molecule has 0 bridgehead atoms. The highest BCUT2D eigenvalue weighted by molar-refractivity contribution is 7.93. The molecule has 16 heteroatoms. The summed E-state index contributed by atoms with van der Waals surface area (Å²) in [5, 5.41) is 13.9. The highest BCUT2D eigenvalue weighted by Gasteiger charge is 2.33. The molecule has 3 N–H and O–H groups in total. The molecule has 1 atom stereocenters. The SMILES string of the molecule is COc1ccc(CN(c2scnc2C(=O)OC(C)(C)C)S(=O)(=O)c2ccc(NC(=O)C(O)NC(=O)OC(C)(C)C)c(F)c2)cc1. The van der Waals surface area contributed by atoms with Crippen LogP contribution in [0, 0.1) is 5.82 Å². The van der Waals surface area contributed by atoms with E-state index in [1.54, 1.807) is 65.8 Å². The molecule has 1 aromatic heterocycles. The molecule has 1 unspecified atom stereocenters. The number of aliphatic hydroxyl groups excluding tert-OH is 1. The number of anilines is 2. The molecule has 3 aromatic rings. The number of hydrogen-bond donors (Lipinski definition) is 3. The van der Waals surface area contributed by atoms with Crippen LogP contribution in [0.15, 0.2) is 52.9 Å². The monoisotopic (exact) mass is 666 g/mol. The summed E-state index contributed by atoms with van der Waals surface area (Å²) in [6, 6.07) is 9.21. The Morgan fingerprint density at radius 1 is 1.02 bits per heavy atom. The number of carbonyl (C=O) groups excluding carboxylic acids is 3. The molecule has 0 aliphatic rings. The highest BCUT2D eigenvalue weighted by atomic mass is 32.2. The second-order valence-electron chi connectivity index (χ2n) is 11.5. The number of thiazole rings is 1. The van der Waals surface area contributed by atoms with Crippen LogP contribution in [0.1, 0.15) is 57.6 Å². The van der Waals surface area contributed by atoms with Crippen molar-refractivity contribution in [3.8, 4) is 5.75 Å². The van der Waals surface area contributed by atoms with Gasteiger partial charge < -0.3 is 24.6 Å². The summed E-state index contributed by atoms with van der Waals surface area (Å²) in [6.45, 7) is 9.42. The maximum Gasteiger partial charge on any atom is 0.410 e. The summed E-state index contributed by atoms with van der Waals surface area (Å²) in [5.74, 6) is -2.68. The van der Waals surface area contributed by atoms with Crippen molar-refractivity contribution < 1.29 is 46.5 Å². The fourth-order valence-electron chi connectivity index (χ4n) is 3.62. The zero-order valence-corrected chi connectivity index (χ0v) is 27.3. The van der Waals surface area contributed by atoms with E-state index in [-0.39, 0.29) is 17.2 Å². The summed E-state index contributed by atoms with van der Waals surface area (Å²) < 4.78 is 59.7. The van der Waals surface area contributed by atoms with Gasteiger partial charge in [0.05, 0.1) is 29.7 Å². The van der Waals surface area contributed by atoms with Gasteiger partial charge in [0, 0.05) is 0 Å². The van der Waals surface area contributed by atoms with Crippen molar-refractivity contribution in [2.24, 2.45) is 0 Å². The summed E-state index contributed by atoms with van der Waals surface area (Å²) in [5.41, 5.74) is -0.709. The second-order valence-corrected chi connectivity index (χ2v) is 14.2. The Bertz CT molecular complexity index is 1650. The average molecular weight is 667 g/mol. The van der Waals surface area contributed by atoms with Crippen molar-refractivity contribution in [3.05, 3.63) is 65.0 Å². The van der Waals surface area contributed by atoms with Crippen LogP contribution in [0.2, 0.25) is 0 Å². The van der Waals surface area contributed by atoms with Gasteiger partial charge in [0.2, 0.25) is 6.23 Å². The molecule has 3 rings (SSSR count). The third kappa shape index (κ3) is 9.60. The second kappa shape index (κ2) is 13.8. The first-order chi connectivity index (χ1) is 20.8. The number of amides is 2. The topological polar surface area (TPSA) is 173 Å². The maximum atomic E-state index is 15.2. The molecular weight excluding hydrogens is 631 g/mol. The van der Waals surface area contributed by atoms with Crippen molar-refractivity contribution in [3.63, 3.8) is 0 Å². The van der Waals surface area contributed by atoms with Gasteiger partial charge in [-0.2, -0.15) is 0 Å². The molecule has 0 spiro atoms. The van der Waals surface area contributed by atoms with Gasteiger partial charge in [0.25, 0.3) is 15.9 Å². The Morgan fingerprint density at radius 2 is 1.64 bits per heavy atom. The first-order valence-corrected chi connectivity index (χ1v) is 15.7. The minimum Gasteiger partial charge on any atom is -0.497 e. The van der Waals surface area contributed by atoms with Crippen molar-refractivity contribution in [1.82, 2.24) is 10.3 Å². The van der Waals surface area contributed by atoms with Crippen molar-refractivity contribution in [2.45, 2.75) is 70.4 Å². The smallest absolute Gasteiger partial charge is 0.410 e. The first-order valence-electron chi connectivity index (χ1n) is 13.4. The minimum absolute atomic E-state index is 0.0609. The van der Waals surface area contributed by atoms with Gasteiger partial charge in [-0.25, -0.2) is 27.4 Å². The Balaban J connectivity index is 1.94. The number of aromatic nitrogens is 1. The largest absolute Gasteiger partial charge is 0.497 e. The predicted octanol–water partition coefficient (Wildman–Crippen LogP) is 4.42. The molecule has 1 heterocycles. The van der Waals surface area contributed by atoms with Gasteiger partial charge in [-0.05, 0) is 77.4 Å². The van der Waals surface area contributed by atoms with Crippen molar-refractivity contribution in [1.29, 1.82) is 0 Å². The minimum atomic E-state index is -4.57. The van der Waals surface area contributed by atoms with Gasteiger partial charge in [-0.1, -0.05) is 12.1 Å². The van der Waals surface area contributed by atoms with E-state index < -0.39 is 61.8 Å². The van der Waals surface area contributed by atoms with Crippen LogP contribution in [0.5, 0.6) is 5.75 Å². The van der Waals surface area contributed by atoms with Crippen LogP contribution < -0.4 is 19.7 Å². The number of sulfonamides is 1. The highest BCUT2D eigenvalue weighted by Crippen LogP contribution is 2.34. The van der Waals surface area contributed by atoms with E-state index in [1.165, 1.54) is 12.6 Å². The Labute approximate surface area is 264 Å². The number of aliphatic hydroxyl groups is 1. The number of benzene rings is 2. The lowest BCUT2D eigenvalue weighted by Gasteiger charge is -2.25. The van der Waals surface area contributed by atoms with Crippen molar-refractivity contribution >= 4 is 50.0 Å². The molecule has 0 aliphatic carbocycles. The van der Waals surface area contributed by atoms with E-state index in [4.69, 9.17) is 14.2 Å². The lowest BCUT2D eigenvalue weighted by molar-refractivity contribution is -0.125. The number of alkyl carbamates (subject to hydrolysis) is 1. The molecule has 45 heavy (non-hydrogen) atoms. The Morgan fingerprint density at radius 3 is 2.20 bits per heavy atom. The third-order valence-electron chi connectivity index (χ3n) is 5.54. The zero-order chi connectivity index (χ0) is 33.7. The summed E-state index contributed by atoms with van der Waals surface area (Å²) >= 11 is 0.874. The van der Waals surface area contributed by atoms with E-state index in [1.807, 2.05) is 5.32 Å². The van der Waals surface area contributed by atoms with Gasteiger partial charge in [-0.15, -0.1) is 11.3 Å². The van der Waals surface area contributed by atoms with Crippen LogP contribution in [-0.4, -0.2) is 61.0 Å². The molecule has 2 amide bonds. The van der Waals surface area contributed by atoms with Gasteiger partial charge in [0.15, 0.2) is 5.69 Å². The number of halogens is 1. The van der Waals surface area contributed by atoms with E-state index in [0.29, 0.717) is 17.4 Å². The molecule has 0 radical (unpaired) electrons. The normalized spacial score (nSPS) is 12.6. The number of esters is 1. The summed E-state index contributed by atoms with van der Waals surface area (Å²) in [6.07, 6.45) is -3.18. The molecule has 2 aromatic carbocycles. The Hall–Kier alpha value is -4.28. The van der Waals surface area contributed by atoms with Crippen LogP contribution in [0.4, 0.5) is 19.9 Å². The average Bonchev–Trinajstić information content (AvgIpc) is 3.40. The molecule has 0 aliphatic heterocycles. The maximum absolute atomic E-state index is 15.2. The van der Waals surface area contributed by atoms with E-state index in [0.717, 1.165) is 27.8 Å². The van der Waals surface area contributed by atoms with E-state index in [9.17, 15) is 27.9 Å². The fraction of sp³-hybridized carbons (Fsp3) is 0.379. The number of nitrogens with zero attached hydrogens (tertiary/aromatic N) is 2. The quantitative estimate of drug-likeness (QED) is 0.208. The molecular formula is C29H35FN4O9S2. The molecule has 0 fully saturated rings. The summed E-state index contributed by atoms with van der Waals surface area (Å²) in [4.78, 5) is 40.7. The van der Waals surface area contributed by atoms with E-state index in [2.05, 4.69) is 10.3 Å². The fourth-order valence-corrected chi connectivity index (χ4v) is 6.10. The van der Waals surface area contributed by atoms with Crippen molar-refractivity contribution in [2.75, 3.05) is 16.7 Å². The number of carbonyl (C=O) groups is 3. The molecule has 244 valence electrons. The number of ether oxygens (including phenoxy) is 3. The van der Waals surface area contributed by atoms with Crippen LogP contribution in [-0.2, 0) is 30.8 Å². The standard InChI is InChI=1S/C29H35FN4O9S2/c1-28(2,3)42-26(37)22-25(44-16-31-22)34(15-17-8-10-18(41-7)11-9-17)45(39,40)19-12-13-21(20(30)14-19)32-23(35)24(36)33-27(38)43-29(4,5)6/h8-14,16,24,36H,15H2,1-7H3,(H,32,35)(H,33,38). The number of methoxy groups -OCH3 is 1. The van der Waals surface area contributed by atoms with Gasteiger partial charge >= 0.3 is 12.1 Å². The van der Waals surface area contributed by atoms with Crippen LogP contribution >= 0.6 is 11.3 Å². The molecule has 0 saturated carbocycles. The number of nitrogens with one attached hydrogen (secondary N) is 2. The van der Waals surface area contributed by atoms with E-state index >= 15 is 4.39 Å². The third-order valence-corrected chi connectivity index (χ3v) is 8.25. The number of hydrogen-bond acceptors (Lipinski definition) is 11. The Kier molecular flexibility index (Phi) is 10.8. The van der Waals surface area contributed by atoms with Gasteiger partial charge in [0.1, 0.15) is 27.8 Å².